The first-order chi connectivity index (χ1) is 5.29. The summed E-state index contributed by atoms with van der Waals surface area (Å²) in [6, 6.07) is 0. The van der Waals surface area contributed by atoms with Gasteiger partial charge in [0.05, 0.1) is 0 Å². The molecule has 12 heavy (non-hydrogen) atoms. The number of hydrogen-bond donors (Lipinski definition) is 1. The molecule has 2 N–H and O–H groups in total. The fourth-order valence-corrected chi connectivity index (χ4v) is 1.96. The van der Waals surface area contributed by atoms with Gasteiger partial charge in [0.1, 0.15) is 0 Å². The Hall–Kier alpha value is -0.180. The van der Waals surface area contributed by atoms with Gasteiger partial charge in [0.2, 0.25) is 5.92 Å². The Bertz CT molecular complexity index is 160. The second-order valence-corrected chi connectivity index (χ2v) is 4.66. The molecule has 72 valence electrons. The van der Waals surface area contributed by atoms with Crippen molar-refractivity contribution in [2.75, 3.05) is 0 Å². The van der Waals surface area contributed by atoms with Crippen molar-refractivity contribution in [2.45, 2.75) is 51.0 Å². The van der Waals surface area contributed by atoms with Crippen molar-refractivity contribution >= 4 is 0 Å². The van der Waals surface area contributed by atoms with E-state index in [0.29, 0.717) is 12.8 Å². The minimum absolute atomic E-state index is 0.0353. The average molecular weight is 177 g/mol. The maximum absolute atomic E-state index is 12.7. The molecule has 1 nitrogen and oxygen atoms in total. The first-order valence-corrected chi connectivity index (χ1v) is 4.45. The van der Waals surface area contributed by atoms with Crippen molar-refractivity contribution in [3.8, 4) is 0 Å². The van der Waals surface area contributed by atoms with Crippen LogP contribution in [-0.2, 0) is 0 Å². The second-order valence-electron chi connectivity index (χ2n) is 4.66. The lowest BCUT2D eigenvalue weighted by Gasteiger charge is -2.22. The molecule has 0 saturated heterocycles. The highest BCUT2D eigenvalue weighted by Gasteiger charge is 2.40. The van der Waals surface area contributed by atoms with Gasteiger partial charge in [-0.05, 0) is 32.6 Å². The summed E-state index contributed by atoms with van der Waals surface area (Å²) in [5, 5.41) is 0. The summed E-state index contributed by atoms with van der Waals surface area (Å²) in [4.78, 5) is 0. The predicted molar refractivity (Wildman–Crippen MR) is 45.2 cm³/mol. The van der Waals surface area contributed by atoms with Crippen LogP contribution in [0.25, 0.3) is 0 Å². The smallest absolute Gasteiger partial charge is 0.248 e. The summed E-state index contributed by atoms with van der Waals surface area (Å²) in [5.74, 6) is -2.30. The zero-order chi connectivity index (χ0) is 9.41. The van der Waals surface area contributed by atoms with Crippen LogP contribution in [0.5, 0.6) is 0 Å². The van der Waals surface area contributed by atoms with Crippen LogP contribution in [0.15, 0.2) is 0 Å². The van der Waals surface area contributed by atoms with Crippen LogP contribution in [0.3, 0.4) is 0 Å². The minimum Gasteiger partial charge on any atom is -0.326 e. The Morgan fingerprint density at radius 3 is 2.42 bits per heavy atom. The van der Waals surface area contributed by atoms with Gasteiger partial charge in [-0.15, -0.1) is 0 Å². The zero-order valence-electron chi connectivity index (χ0n) is 7.74. The molecule has 0 bridgehead atoms. The van der Waals surface area contributed by atoms with Crippen LogP contribution < -0.4 is 5.73 Å². The van der Waals surface area contributed by atoms with Crippen LogP contribution in [0.1, 0.15) is 39.5 Å². The van der Waals surface area contributed by atoms with Gasteiger partial charge < -0.3 is 5.73 Å². The standard InChI is InChI=1S/C9H17F2N/c1-8(2,12)5-7-3-4-9(10,11)6-7/h7H,3-6,12H2,1-2H3. The quantitative estimate of drug-likeness (QED) is 0.689. The third kappa shape index (κ3) is 3.05. The van der Waals surface area contributed by atoms with Crippen LogP contribution in [-0.4, -0.2) is 11.5 Å². The summed E-state index contributed by atoms with van der Waals surface area (Å²) < 4.78 is 25.5. The van der Waals surface area contributed by atoms with Crippen molar-refractivity contribution in [3.63, 3.8) is 0 Å². The highest BCUT2D eigenvalue weighted by molar-refractivity contribution is 4.86. The molecule has 1 saturated carbocycles. The van der Waals surface area contributed by atoms with Crippen LogP contribution in [0.2, 0.25) is 0 Å². The first-order valence-electron chi connectivity index (χ1n) is 4.45. The molecule has 1 fully saturated rings. The third-order valence-corrected chi connectivity index (χ3v) is 2.32. The monoisotopic (exact) mass is 177 g/mol. The van der Waals surface area contributed by atoms with Gasteiger partial charge in [-0.3, -0.25) is 0 Å². The maximum Gasteiger partial charge on any atom is 0.248 e. The molecule has 1 atom stereocenters. The van der Waals surface area contributed by atoms with Gasteiger partial charge in [0.25, 0.3) is 0 Å². The van der Waals surface area contributed by atoms with Gasteiger partial charge in [0, 0.05) is 18.4 Å². The lowest BCUT2D eigenvalue weighted by atomic mass is 9.90. The number of halogens is 2. The summed E-state index contributed by atoms with van der Waals surface area (Å²) in [6.07, 6.45) is 1.43. The molecule has 0 aromatic rings. The van der Waals surface area contributed by atoms with Crippen molar-refractivity contribution in [3.05, 3.63) is 0 Å². The molecule has 1 rings (SSSR count). The topological polar surface area (TPSA) is 26.0 Å². The van der Waals surface area contributed by atoms with E-state index in [0.717, 1.165) is 0 Å². The molecular formula is C9H17F2N. The first kappa shape index (κ1) is 9.90. The van der Waals surface area contributed by atoms with E-state index < -0.39 is 5.92 Å². The molecule has 0 aliphatic heterocycles. The van der Waals surface area contributed by atoms with E-state index in [1.807, 2.05) is 13.8 Å². The number of rotatable bonds is 2. The van der Waals surface area contributed by atoms with Crippen LogP contribution in [0.4, 0.5) is 8.78 Å². The average Bonchev–Trinajstić information content (AvgIpc) is 2.05. The normalized spacial score (nSPS) is 29.2. The minimum atomic E-state index is -2.42. The van der Waals surface area contributed by atoms with E-state index in [1.165, 1.54) is 0 Å². The molecular weight excluding hydrogens is 160 g/mol. The zero-order valence-corrected chi connectivity index (χ0v) is 7.74. The molecule has 0 aromatic carbocycles. The van der Waals surface area contributed by atoms with E-state index in [1.54, 1.807) is 0 Å². The van der Waals surface area contributed by atoms with E-state index in [2.05, 4.69) is 0 Å². The van der Waals surface area contributed by atoms with E-state index in [-0.39, 0.29) is 24.3 Å². The number of nitrogens with two attached hydrogens (primary N) is 1. The molecule has 0 spiro atoms. The van der Waals surface area contributed by atoms with Gasteiger partial charge in [-0.25, -0.2) is 8.78 Å². The molecule has 1 unspecified atom stereocenters. The predicted octanol–water partition coefficient (Wildman–Crippen LogP) is 2.55. The van der Waals surface area contributed by atoms with E-state index >= 15 is 0 Å². The molecule has 1 aliphatic rings. The Kier molecular flexibility index (Phi) is 2.43. The Balaban J connectivity index is 2.39. The molecule has 3 heteroatoms. The summed E-state index contributed by atoms with van der Waals surface area (Å²) in [7, 11) is 0. The van der Waals surface area contributed by atoms with Gasteiger partial charge >= 0.3 is 0 Å². The molecule has 0 heterocycles. The van der Waals surface area contributed by atoms with Crippen molar-refractivity contribution in [2.24, 2.45) is 11.7 Å². The van der Waals surface area contributed by atoms with E-state index in [9.17, 15) is 8.78 Å². The van der Waals surface area contributed by atoms with Crippen LogP contribution in [0, 0.1) is 5.92 Å². The maximum atomic E-state index is 12.7. The lowest BCUT2D eigenvalue weighted by Crippen LogP contribution is -2.34. The third-order valence-electron chi connectivity index (χ3n) is 2.32. The molecule has 1 aliphatic carbocycles. The molecule has 0 radical (unpaired) electrons. The highest BCUT2D eigenvalue weighted by atomic mass is 19.3. The largest absolute Gasteiger partial charge is 0.326 e. The Morgan fingerprint density at radius 2 is 2.08 bits per heavy atom. The van der Waals surface area contributed by atoms with Gasteiger partial charge in [0.15, 0.2) is 0 Å². The highest BCUT2D eigenvalue weighted by Crippen LogP contribution is 2.41. The summed E-state index contributed by atoms with van der Waals surface area (Å²) in [6.45, 7) is 3.78. The number of hydrogen-bond acceptors (Lipinski definition) is 1. The van der Waals surface area contributed by atoms with Crippen molar-refractivity contribution < 1.29 is 8.78 Å². The van der Waals surface area contributed by atoms with Crippen molar-refractivity contribution in [1.29, 1.82) is 0 Å². The van der Waals surface area contributed by atoms with Crippen LogP contribution >= 0.6 is 0 Å². The van der Waals surface area contributed by atoms with Gasteiger partial charge in [-0.1, -0.05) is 0 Å². The summed E-state index contributed by atoms with van der Waals surface area (Å²) >= 11 is 0. The fraction of sp³-hybridized carbons (Fsp3) is 1.00. The lowest BCUT2D eigenvalue weighted by molar-refractivity contribution is 0.00406. The van der Waals surface area contributed by atoms with Gasteiger partial charge in [-0.2, -0.15) is 0 Å². The second kappa shape index (κ2) is 2.95. The molecule has 0 amide bonds. The molecule has 0 aromatic heterocycles. The Morgan fingerprint density at radius 1 is 1.50 bits per heavy atom. The summed E-state index contributed by atoms with van der Waals surface area (Å²) in [5.41, 5.74) is 5.46. The van der Waals surface area contributed by atoms with E-state index in [4.69, 9.17) is 5.73 Å². The number of alkyl halides is 2. The van der Waals surface area contributed by atoms with Crippen molar-refractivity contribution in [1.82, 2.24) is 0 Å². The Labute approximate surface area is 72.3 Å². The SMILES string of the molecule is CC(C)(N)CC1CCC(F)(F)C1. The fourth-order valence-electron chi connectivity index (χ4n) is 1.96.